The van der Waals surface area contributed by atoms with Crippen molar-refractivity contribution in [3.63, 3.8) is 0 Å². The second kappa shape index (κ2) is 17.8. The first-order chi connectivity index (χ1) is 11.4. The zero-order valence-corrected chi connectivity index (χ0v) is 19.2. The van der Waals surface area contributed by atoms with Gasteiger partial charge in [0.2, 0.25) is 0 Å². The van der Waals surface area contributed by atoms with E-state index in [0.29, 0.717) is 6.42 Å². The number of ether oxygens (including phenoxy) is 1. The molecule has 0 aromatic carbocycles. The predicted octanol–water partition coefficient (Wildman–Crippen LogP) is 1.91. The second-order valence-corrected chi connectivity index (χ2v) is 7.95. The van der Waals surface area contributed by atoms with Gasteiger partial charge >= 0.3 is 35.5 Å². The molecule has 7 heteroatoms. The zero-order chi connectivity index (χ0) is 18.3. The van der Waals surface area contributed by atoms with Crippen LogP contribution in [0.2, 0.25) is 0 Å². The van der Waals surface area contributed by atoms with Gasteiger partial charge in [-0.1, -0.05) is 84.5 Å². The number of rotatable bonds is 16. The maximum atomic E-state index is 11.2. The van der Waals surface area contributed by atoms with E-state index in [1.807, 2.05) is 0 Å². The molecule has 0 aliphatic heterocycles. The molecule has 25 heavy (non-hydrogen) atoms. The van der Waals surface area contributed by atoms with Crippen LogP contribution in [0, 0.1) is 0 Å². The normalized spacial score (nSPS) is 12.4. The molecule has 5 nitrogen and oxygen atoms in total. The molecule has 0 aliphatic rings. The van der Waals surface area contributed by atoms with E-state index in [1.165, 1.54) is 51.4 Å². The summed E-state index contributed by atoms with van der Waals surface area (Å²) in [6.45, 7) is 3.79. The van der Waals surface area contributed by atoms with Gasteiger partial charge in [-0.2, -0.15) is 0 Å². The van der Waals surface area contributed by atoms with E-state index in [4.69, 9.17) is 4.74 Å². The monoisotopic (exact) mass is 386 g/mol. The molecule has 0 aromatic heterocycles. The van der Waals surface area contributed by atoms with Crippen molar-refractivity contribution in [2.24, 2.45) is 0 Å². The summed E-state index contributed by atoms with van der Waals surface area (Å²) < 4.78 is 38.0. The van der Waals surface area contributed by atoms with Crippen LogP contribution in [0.5, 0.6) is 0 Å². The van der Waals surface area contributed by atoms with Gasteiger partial charge in [-0.25, -0.2) is 8.42 Å². The number of carbonyl (C=O) groups excluding carboxylic acids is 1. The Kier molecular flexibility index (Phi) is 19.6. The fraction of sp³-hybridized carbons (Fsp3) is 0.944. The van der Waals surface area contributed by atoms with E-state index in [9.17, 15) is 17.8 Å². The molecule has 1 atom stereocenters. The van der Waals surface area contributed by atoms with Crippen molar-refractivity contribution in [3.05, 3.63) is 0 Å². The molecular weight excluding hydrogens is 351 g/mol. The molecule has 0 saturated heterocycles. The Morgan fingerprint density at radius 1 is 0.840 bits per heavy atom. The second-order valence-electron chi connectivity index (χ2n) is 6.44. The van der Waals surface area contributed by atoms with Gasteiger partial charge in [-0.15, -0.1) is 0 Å². The molecule has 0 aromatic rings. The van der Waals surface area contributed by atoms with Crippen LogP contribution in [-0.2, 0) is 19.6 Å². The summed E-state index contributed by atoms with van der Waals surface area (Å²) in [7, 11) is -4.58. The average Bonchev–Trinajstić information content (AvgIpc) is 2.53. The Bertz CT molecular complexity index is 412. The summed E-state index contributed by atoms with van der Waals surface area (Å²) >= 11 is 0. The first kappa shape index (κ1) is 27.6. The number of esters is 1. The first-order valence-electron chi connectivity index (χ1n) is 9.56. The minimum atomic E-state index is -4.58. The van der Waals surface area contributed by atoms with Crippen LogP contribution < -0.4 is 29.6 Å². The van der Waals surface area contributed by atoms with E-state index in [0.717, 1.165) is 19.3 Å². The molecule has 0 saturated carbocycles. The van der Waals surface area contributed by atoms with E-state index in [-0.39, 0.29) is 42.4 Å². The van der Waals surface area contributed by atoms with E-state index in [1.54, 1.807) is 6.92 Å². The quantitative estimate of drug-likeness (QED) is 0.175. The summed E-state index contributed by atoms with van der Waals surface area (Å²) in [4.78, 5) is 11.2. The van der Waals surface area contributed by atoms with Crippen LogP contribution in [0.15, 0.2) is 0 Å². The van der Waals surface area contributed by atoms with Gasteiger partial charge < -0.3 is 9.29 Å². The molecule has 144 valence electrons. The van der Waals surface area contributed by atoms with Crippen molar-refractivity contribution >= 4 is 16.1 Å². The van der Waals surface area contributed by atoms with Gasteiger partial charge in [0.1, 0.15) is 10.1 Å². The molecule has 0 radical (unpaired) electrons. The molecule has 0 aliphatic carbocycles. The molecule has 0 bridgehead atoms. The van der Waals surface area contributed by atoms with E-state index in [2.05, 4.69) is 6.92 Å². The van der Waals surface area contributed by atoms with Gasteiger partial charge in [0, 0.05) is 6.42 Å². The predicted molar refractivity (Wildman–Crippen MR) is 95.6 cm³/mol. The number of carbonyl (C=O) groups is 1. The standard InChI is InChI=1S/C18H36O5S.Na/c1-3-5-6-7-8-9-10-11-12-13-14-15-16-18(24(20,21)22)23-17(19)4-2;/h18H,3-16H2,1-2H3,(H,20,21,22);/q;+1/p-1. The molecule has 0 amide bonds. The Hall–Kier alpha value is 0.380. The van der Waals surface area contributed by atoms with Crippen LogP contribution in [0.25, 0.3) is 0 Å². The summed E-state index contributed by atoms with van der Waals surface area (Å²) in [6, 6.07) is 0. The van der Waals surface area contributed by atoms with Crippen molar-refractivity contribution in [1.82, 2.24) is 0 Å². The third kappa shape index (κ3) is 17.5. The van der Waals surface area contributed by atoms with E-state index < -0.39 is 21.5 Å². The SMILES string of the molecule is CCCCCCCCCCCCCCC(OC(=O)CC)S(=O)(=O)[O-].[Na+]. The van der Waals surface area contributed by atoms with Crippen molar-refractivity contribution in [2.75, 3.05) is 0 Å². The van der Waals surface area contributed by atoms with Gasteiger partial charge in [0.05, 0.1) is 0 Å². The summed E-state index contributed by atoms with van der Waals surface area (Å²) in [5, 5.41) is 0. The van der Waals surface area contributed by atoms with Crippen LogP contribution in [0.3, 0.4) is 0 Å². The smallest absolute Gasteiger partial charge is 0.745 e. The molecule has 0 N–H and O–H groups in total. The minimum absolute atomic E-state index is 0. The van der Waals surface area contributed by atoms with Gasteiger partial charge in [0.25, 0.3) is 0 Å². The van der Waals surface area contributed by atoms with Crippen molar-refractivity contribution < 1.29 is 52.1 Å². The Balaban J connectivity index is 0. The summed E-state index contributed by atoms with van der Waals surface area (Å²) in [6.07, 6.45) is 14.2. The number of hydrogen-bond acceptors (Lipinski definition) is 5. The Labute approximate surface area is 176 Å². The topological polar surface area (TPSA) is 83.5 Å². The van der Waals surface area contributed by atoms with Crippen molar-refractivity contribution in [1.29, 1.82) is 0 Å². The van der Waals surface area contributed by atoms with Gasteiger partial charge in [-0.3, -0.25) is 4.79 Å². The molecule has 0 fully saturated rings. The minimum Gasteiger partial charge on any atom is -0.745 e. The van der Waals surface area contributed by atoms with Crippen LogP contribution >= 0.6 is 0 Å². The number of hydrogen-bond donors (Lipinski definition) is 0. The summed E-state index contributed by atoms with van der Waals surface area (Å²) in [5.41, 5.74) is -1.52. The molecule has 0 heterocycles. The maximum Gasteiger partial charge on any atom is 1.00 e. The first-order valence-corrected chi connectivity index (χ1v) is 11.0. The molecule has 0 spiro atoms. The molecular formula is C18H35NaO5S. The van der Waals surface area contributed by atoms with Crippen LogP contribution in [0.1, 0.15) is 104 Å². The third-order valence-corrected chi connectivity index (χ3v) is 5.14. The number of unbranched alkanes of at least 4 members (excludes halogenated alkanes) is 11. The molecule has 1 unspecified atom stereocenters. The Morgan fingerprint density at radius 3 is 1.60 bits per heavy atom. The molecule has 0 rings (SSSR count). The third-order valence-electron chi connectivity index (χ3n) is 4.17. The fourth-order valence-corrected chi connectivity index (χ4v) is 3.32. The average molecular weight is 387 g/mol. The van der Waals surface area contributed by atoms with Gasteiger partial charge in [-0.05, 0) is 12.8 Å². The largest absolute Gasteiger partial charge is 1.00 e. The zero-order valence-electron chi connectivity index (χ0n) is 16.4. The van der Waals surface area contributed by atoms with Gasteiger partial charge in [0.15, 0.2) is 5.44 Å². The van der Waals surface area contributed by atoms with Crippen LogP contribution in [0.4, 0.5) is 0 Å². The van der Waals surface area contributed by atoms with Crippen molar-refractivity contribution in [2.45, 2.75) is 109 Å². The van der Waals surface area contributed by atoms with Crippen molar-refractivity contribution in [3.8, 4) is 0 Å². The maximum absolute atomic E-state index is 11.2. The summed E-state index contributed by atoms with van der Waals surface area (Å²) in [5.74, 6) is -0.640. The van der Waals surface area contributed by atoms with Crippen LogP contribution in [-0.4, -0.2) is 24.4 Å². The fourth-order valence-electron chi connectivity index (χ4n) is 2.64. The van der Waals surface area contributed by atoms with E-state index >= 15 is 0 Å². The Morgan fingerprint density at radius 2 is 1.24 bits per heavy atom.